The van der Waals surface area contributed by atoms with Gasteiger partial charge in [-0.25, -0.2) is 0 Å². The summed E-state index contributed by atoms with van der Waals surface area (Å²) in [5.41, 5.74) is 1.67. The number of aryl methyl sites for hydroxylation is 1. The van der Waals surface area contributed by atoms with Crippen molar-refractivity contribution in [2.45, 2.75) is 26.2 Å². The van der Waals surface area contributed by atoms with Crippen LogP contribution in [0.1, 0.15) is 46.2 Å². The molecule has 0 atom stereocenters. The van der Waals surface area contributed by atoms with Gasteiger partial charge in [-0.15, -0.1) is 0 Å². The maximum Gasteiger partial charge on any atom is 0.325 e. The zero-order valence-electron chi connectivity index (χ0n) is 14.1. The van der Waals surface area contributed by atoms with Crippen molar-refractivity contribution in [3.63, 3.8) is 0 Å². The molecule has 2 aromatic rings. The molecule has 0 saturated heterocycles. The number of esters is 1. The summed E-state index contributed by atoms with van der Waals surface area (Å²) in [4.78, 5) is 35.2. The number of rotatable bonds is 9. The molecule has 6 nitrogen and oxygen atoms in total. The number of carbonyl (C=O) groups excluding carboxylic acids is 3. The molecule has 0 radical (unpaired) electrons. The van der Waals surface area contributed by atoms with Gasteiger partial charge >= 0.3 is 5.97 Å². The number of nitrogens with one attached hydrogen (secondary N) is 1. The lowest BCUT2D eigenvalue weighted by molar-refractivity contribution is -0.141. The molecule has 0 unspecified atom stereocenters. The quantitative estimate of drug-likeness (QED) is 0.559. The van der Waals surface area contributed by atoms with Crippen LogP contribution in [0.15, 0.2) is 47.1 Å². The largest absolute Gasteiger partial charge is 0.459 e. The summed E-state index contributed by atoms with van der Waals surface area (Å²) in [6.07, 6.45) is 4.57. The Morgan fingerprint density at radius 1 is 1.12 bits per heavy atom. The molecule has 1 aromatic heterocycles. The lowest BCUT2D eigenvalue weighted by atomic mass is 10.0. The van der Waals surface area contributed by atoms with E-state index in [0.29, 0.717) is 5.56 Å². The van der Waals surface area contributed by atoms with Crippen LogP contribution in [0.3, 0.4) is 0 Å². The average Bonchev–Trinajstić information content (AvgIpc) is 3.17. The van der Waals surface area contributed by atoms with Crippen molar-refractivity contribution in [3.05, 3.63) is 59.5 Å². The van der Waals surface area contributed by atoms with Gasteiger partial charge < -0.3 is 14.5 Å². The Morgan fingerprint density at radius 2 is 1.88 bits per heavy atom. The number of Topliss-reactive ketones (excluding diaryl/α,β-unsaturated/α-hetero) is 1. The van der Waals surface area contributed by atoms with E-state index in [1.807, 2.05) is 12.1 Å². The Balaban J connectivity index is 1.73. The number of hydrogen-bond acceptors (Lipinski definition) is 5. The van der Waals surface area contributed by atoms with Crippen LogP contribution in [-0.4, -0.2) is 30.8 Å². The highest BCUT2D eigenvalue weighted by Gasteiger charge is 2.13. The smallest absolute Gasteiger partial charge is 0.325 e. The molecule has 0 fully saturated rings. The third-order valence-electron chi connectivity index (χ3n) is 3.60. The van der Waals surface area contributed by atoms with E-state index >= 15 is 0 Å². The molecule has 1 aromatic carbocycles. The van der Waals surface area contributed by atoms with Gasteiger partial charge in [-0.1, -0.05) is 37.6 Å². The molecule has 0 aliphatic heterocycles. The van der Waals surface area contributed by atoms with E-state index in [0.717, 1.165) is 19.3 Å². The van der Waals surface area contributed by atoms with E-state index in [1.54, 1.807) is 18.2 Å². The third-order valence-corrected chi connectivity index (χ3v) is 3.60. The van der Waals surface area contributed by atoms with Crippen LogP contribution in [0, 0.1) is 0 Å². The fourth-order valence-electron chi connectivity index (χ4n) is 2.17. The minimum absolute atomic E-state index is 0.104. The first-order chi connectivity index (χ1) is 12.1. The second kappa shape index (κ2) is 9.42. The Hall–Kier alpha value is -2.89. The van der Waals surface area contributed by atoms with E-state index in [1.165, 1.54) is 17.9 Å². The summed E-state index contributed by atoms with van der Waals surface area (Å²) in [6.45, 7) is 1.44. The molecule has 6 heteroatoms. The van der Waals surface area contributed by atoms with Crippen LogP contribution in [0.25, 0.3) is 0 Å². The number of furan rings is 1. The Bertz CT molecular complexity index is 704. The minimum atomic E-state index is -0.687. The molecule has 25 heavy (non-hydrogen) atoms. The van der Waals surface area contributed by atoms with Gasteiger partial charge in [-0.2, -0.15) is 0 Å². The van der Waals surface area contributed by atoms with Gasteiger partial charge in [0.15, 0.2) is 18.2 Å². The number of amides is 1. The fraction of sp³-hybridized carbons (Fsp3) is 0.316. The van der Waals surface area contributed by atoms with E-state index < -0.39 is 11.9 Å². The SMILES string of the molecule is CCCCc1ccc(C(=O)COC(=O)CNC(=O)c2ccco2)cc1. The number of benzene rings is 1. The van der Waals surface area contributed by atoms with E-state index in [-0.39, 0.29) is 24.7 Å². The van der Waals surface area contributed by atoms with Crippen LogP contribution in [-0.2, 0) is 16.0 Å². The van der Waals surface area contributed by atoms with Crippen LogP contribution in [0.4, 0.5) is 0 Å². The summed E-state index contributed by atoms with van der Waals surface area (Å²) in [7, 11) is 0. The molecule has 0 aliphatic rings. The van der Waals surface area contributed by atoms with E-state index in [9.17, 15) is 14.4 Å². The zero-order chi connectivity index (χ0) is 18.1. The van der Waals surface area contributed by atoms with Gasteiger partial charge in [-0.3, -0.25) is 14.4 Å². The predicted molar refractivity (Wildman–Crippen MR) is 91.4 cm³/mol. The molecule has 1 heterocycles. The fourth-order valence-corrected chi connectivity index (χ4v) is 2.17. The Kier molecular flexibility index (Phi) is 6.95. The first kappa shape index (κ1) is 18.4. The lowest BCUT2D eigenvalue weighted by Gasteiger charge is -2.06. The maximum atomic E-state index is 12.0. The van der Waals surface area contributed by atoms with Crippen molar-refractivity contribution in [3.8, 4) is 0 Å². The third kappa shape index (κ3) is 5.91. The first-order valence-electron chi connectivity index (χ1n) is 8.19. The second-order valence-corrected chi connectivity index (χ2v) is 5.54. The summed E-state index contributed by atoms with van der Waals surface area (Å²) in [5, 5.41) is 2.36. The van der Waals surface area contributed by atoms with E-state index in [2.05, 4.69) is 12.2 Å². The van der Waals surface area contributed by atoms with E-state index in [4.69, 9.17) is 9.15 Å². The van der Waals surface area contributed by atoms with Gasteiger partial charge in [-0.05, 0) is 30.5 Å². The minimum Gasteiger partial charge on any atom is -0.459 e. The zero-order valence-corrected chi connectivity index (χ0v) is 14.1. The van der Waals surface area contributed by atoms with Crippen molar-refractivity contribution < 1.29 is 23.5 Å². The summed E-state index contributed by atoms with van der Waals surface area (Å²) < 4.78 is 9.79. The molecule has 0 bridgehead atoms. The number of ether oxygens (including phenoxy) is 1. The van der Waals surface area contributed by atoms with Crippen molar-refractivity contribution in [1.29, 1.82) is 0 Å². The van der Waals surface area contributed by atoms with Gasteiger partial charge in [0.2, 0.25) is 0 Å². The molecular weight excluding hydrogens is 322 g/mol. The van der Waals surface area contributed by atoms with Crippen molar-refractivity contribution >= 4 is 17.7 Å². The maximum absolute atomic E-state index is 12.0. The summed E-state index contributed by atoms with van der Waals surface area (Å²) >= 11 is 0. The average molecular weight is 343 g/mol. The lowest BCUT2D eigenvalue weighted by Crippen LogP contribution is -2.31. The van der Waals surface area contributed by atoms with Gasteiger partial charge in [0, 0.05) is 5.56 Å². The number of carbonyl (C=O) groups is 3. The Labute approximate surface area is 146 Å². The number of ketones is 1. The highest BCUT2D eigenvalue weighted by molar-refractivity contribution is 5.98. The molecule has 132 valence electrons. The summed E-state index contributed by atoms with van der Waals surface area (Å²) in [6, 6.07) is 10.3. The molecule has 1 amide bonds. The Morgan fingerprint density at radius 3 is 2.52 bits per heavy atom. The van der Waals surface area contributed by atoms with Crippen molar-refractivity contribution in [2.75, 3.05) is 13.2 Å². The van der Waals surface area contributed by atoms with Crippen molar-refractivity contribution in [2.24, 2.45) is 0 Å². The highest BCUT2D eigenvalue weighted by Crippen LogP contribution is 2.09. The second-order valence-electron chi connectivity index (χ2n) is 5.54. The predicted octanol–water partition coefficient (Wildman–Crippen LogP) is 2.78. The van der Waals surface area contributed by atoms with Crippen molar-refractivity contribution in [1.82, 2.24) is 5.32 Å². The molecular formula is C19H21NO5. The van der Waals surface area contributed by atoms with Gasteiger partial charge in [0.1, 0.15) is 6.54 Å². The van der Waals surface area contributed by atoms with Crippen LogP contribution in [0.2, 0.25) is 0 Å². The normalized spacial score (nSPS) is 10.3. The molecule has 0 spiro atoms. The van der Waals surface area contributed by atoms with Crippen LogP contribution in [0.5, 0.6) is 0 Å². The molecule has 0 aliphatic carbocycles. The van der Waals surface area contributed by atoms with Gasteiger partial charge in [0.05, 0.1) is 6.26 Å². The van der Waals surface area contributed by atoms with Crippen LogP contribution >= 0.6 is 0 Å². The topological polar surface area (TPSA) is 85.6 Å². The number of unbranched alkanes of at least 4 members (excludes halogenated alkanes) is 1. The first-order valence-corrected chi connectivity index (χ1v) is 8.19. The molecule has 2 rings (SSSR count). The molecule has 0 saturated carbocycles. The van der Waals surface area contributed by atoms with Gasteiger partial charge in [0.25, 0.3) is 5.91 Å². The van der Waals surface area contributed by atoms with Crippen LogP contribution < -0.4 is 5.32 Å². The molecule has 1 N–H and O–H groups in total. The highest BCUT2D eigenvalue weighted by atomic mass is 16.5. The monoisotopic (exact) mass is 343 g/mol. The number of hydrogen-bond donors (Lipinski definition) is 1. The summed E-state index contributed by atoms with van der Waals surface area (Å²) in [5.74, 6) is -1.39. The standard InChI is InChI=1S/C19H21NO5/c1-2-3-5-14-7-9-15(10-8-14)16(21)13-25-18(22)12-20-19(23)17-6-4-11-24-17/h4,6-11H,2-3,5,12-13H2,1H3,(H,20,23).